The molecule has 0 unspecified atom stereocenters. The van der Waals surface area contributed by atoms with Crippen LogP contribution in [0.25, 0.3) is 0 Å². The molecule has 0 fully saturated rings. The highest BCUT2D eigenvalue weighted by Gasteiger charge is 2.37. The van der Waals surface area contributed by atoms with Crippen LogP contribution in [0.4, 0.5) is 13.2 Å². The first-order valence-electron chi connectivity index (χ1n) is 4.51. The minimum absolute atomic E-state index is 0.0209. The molecule has 0 bridgehead atoms. The van der Waals surface area contributed by atoms with E-state index in [1.807, 2.05) is 0 Å². The van der Waals surface area contributed by atoms with Crippen LogP contribution in [-0.4, -0.2) is 23.5 Å². The smallest absolute Gasteiger partial charge is 0.325 e. The van der Waals surface area contributed by atoms with Crippen molar-refractivity contribution in [3.63, 3.8) is 0 Å². The third kappa shape index (κ3) is 2.21. The van der Waals surface area contributed by atoms with E-state index in [1.54, 1.807) is 12.1 Å². The Bertz CT molecular complexity index is 444. The number of carbonyl (C=O) groups is 1. The highest BCUT2D eigenvalue weighted by Crippen LogP contribution is 2.28. The predicted molar refractivity (Wildman–Crippen MR) is 54.9 cm³/mol. The number of hydrogen-bond acceptors (Lipinski definition) is 1. The molecule has 1 amide bonds. The summed E-state index contributed by atoms with van der Waals surface area (Å²) >= 11 is 3.21. The summed E-state index contributed by atoms with van der Waals surface area (Å²) in [6.45, 7) is -1.18. The molecule has 2 nitrogen and oxygen atoms in total. The molecule has 0 atom stereocenters. The lowest BCUT2D eigenvalue weighted by atomic mass is 10.1. The largest absolute Gasteiger partial charge is 0.406 e. The summed E-state index contributed by atoms with van der Waals surface area (Å²) in [7, 11) is 0. The summed E-state index contributed by atoms with van der Waals surface area (Å²) in [6, 6.07) is 4.86. The van der Waals surface area contributed by atoms with Crippen LogP contribution in [0.1, 0.15) is 15.9 Å². The first-order valence-corrected chi connectivity index (χ1v) is 5.30. The van der Waals surface area contributed by atoms with Gasteiger partial charge >= 0.3 is 6.18 Å². The highest BCUT2D eigenvalue weighted by atomic mass is 79.9. The lowest BCUT2D eigenvalue weighted by Gasteiger charge is -2.17. The second-order valence-electron chi connectivity index (χ2n) is 3.58. The predicted octanol–water partition coefficient (Wildman–Crippen LogP) is 2.97. The number of hydrogen-bond donors (Lipinski definition) is 0. The fourth-order valence-electron chi connectivity index (χ4n) is 1.69. The van der Waals surface area contributed by atoms with Gasteiger partial charge in [0.1, 0.15) is 6.54 Å². The quantitative estimate of drug-likeness (QED) is 0.780. The normalized spacial score (nSPS) is 15.5. The van der Waals surface area contributed by atoms with Crippen molar-refractivity contribution >= 4 is 21.8 Å². The van der Waals surface area contributed by atoms with Crippen molar-refractivity contribution in [2.75, 3.05) is 6.54 Å². The second kappa shape index (κ2) is 3.76. The number of carbonyl (C=O) groups excluding carboxylic acids is 1. The van der Waals surface area contributed by atoms with Crippen molar-refractivity contribution in [2.45, 2.75) is 12.7 Å². The van der Waals surface area contributed by atoms with Crippen LogP contribution in [0.2, 0.25) is 0 Å². The van der Waals surface area contributed by atoms with Gasteiger partial charge in [0.15, 0.2) is 0 Å². The Kier molecular flexibility index (Phi) is 2.69. The molecule has 1 aliphatic heterocycles. The lowest BCUT2D eigenvalue weighted by molar-refractivity contribution is -0.140. The average Bonchev–Trinajstić information content (AvgIpc) is 2.40. The van der Waals surface area contributed by atoms with E-state index in [9.17, 15) is 18.0 Å². The van der Waals surface area contributed by atoms with Gasteiger partial charge in [0.05, 0.1) is 0 Å². The maximum absolute atomic E-state index is 12.2. The molecule has 6 heteroatoms. The molecule has 0 saturated carbocycles. The van der Waals surface area contributed by atoms with Crippen molar-refractivity contribution in [2.24, 2.45) is 0 Å². The number of fused-ring (bicyclic) bond motifs is 1. The molecular formula is C10H7BrF3NO. The minimum Gasteiger partial charge on any atom is -0.325 e. The molecule has 1 aromatic rings. The van der Waals surface area contributed by atoms with Gasteiger partial charge in [-0.1, -0.05) is 15.9 Å². The lowest BCUT2D eigenvalue weighted by Crippen LogP contribution is -2.34. The average molecular weight is 294 g/mol. The van der Waals surface area contributed by atoms with Gasteiger partial charge in [-0.05, 0) is 23.8 Å². The molecule has 0 spiro atoms. The Morgan fingerprint density at radius 3 is 2.69 bits per heavy atom. The van der Waals surface area contributed by atoms with E-state index in [0.717, 1.165) is 9.37 Å². The summed E-state index contributed by atoms with van der Waals surface area (Å²) in [6.07, 6.45) is -4.35. The standard InChI is InChI=1S/C10H7BrF3NO/c11-7-1-2-8-6(3-7)4-15(9(8)16)5-10(12,13)14/h1-3H,4-5H2. The van der Waals surface area contributed by atoms with Crippen molar-refractivity contribution in [1.29, 1.82) is 0 Å². The molecule has 2 rings (SSSR count). The van der Waals surface area contributed by atoms with E-state index in [4.69, 9.17) is 0 Å². The Labute approximate surface area is 98.2 Å². The molecule has 1 heterocycles. The third-order valence-electron chi connectivity index (χ3n) is 2.32. The summed E-state index contributed by atoms with van der Waals surface area (Å²) < 4.78 is 37.3. The van der Waals surface area contributed by atoms with Crippen LogP contribution < -0.4 is 0 Å². The fraction of sp³-hybridized carbons (Fsp3) is 0.300. The monoisotopic (exact) mass is 293 g/mol. The number of amides is 1. The summed E-state index contributed by atoms with van der Waals surface area (Å²) in [5.74, 6) is -0.556. The molecule has 86 valence electrons. The van der Waals surface area contributed by atoms with Gasteiger partial charge in [0, 0.05) is 16.6 Å². The topological polar surface area (TPSA) is 20.3 Å². The van der Waals surface area contributed by atoms with Gasteiger partial charge in [-0.25, -0.2) is 0 Å². The van der Waals surface area contributed by atoms with Crippen LogP contribution in [0.3, 0.4) is 0 Å². The van der Waals surface area contributed by atoms with Crippen molar-refractivity contribution < 1.29 is 18.0 Å². The number of alkyl halides is 3. The zero-order valence-corrected chi connectivity index (χ0v) is 9.60. The zero-order valence-electron chi connectivity index (χ0n) is 8.01. The fourth-order valence-corrected chi connectivity index (χ4v) is 2.10. The third-order valence-corrected chi connectivity index (χ3v) is 2.81. The van der Waals surface area contributed by atoms with Gasteiger partial charge in [0.25, 0.3) is 5.91 Å². The molecule has 0 aromatic heterocycles. The van der Waals surface area contributed by atoms with E-state index >= 15 is 0 Å². The first kappa shape index (κ1) is 11.4. The van der Waals surface area contributed by atoms with Gasteiger partial charge in [-0.2, -0.15) is 13.2 Å². The van der Waals surface area contributed by atoms with E-state index in [-0.39, 0.29) is 6.54 Å². The summed E-state index contributed by atoms with van der Waals surface area (Å²) in [5, 5.41) is 0. The van der Waals surface area contributed by atoms with Crippen LogP contribution in [-0.2, 0) is 6.54 Å². The molecular weight excluding hydrogens is 287 g/mol. The Morgan fingerprint density at radius 1 is 1.38 bits per heavy atom. The van der Waals surface area contributed by atoms with E-state index in [0.29, 0.717) is 11.1 Å². The van der Waals surface area contributed by atoms with Crippen molar-refractivity contribution in [1.82, 2.24) is 4.90 Å². The maximum Gasteiger partial charge on any atom is 0.406 e. The number of benzene rings is 1. The SMILES string of the molecule is O=C1c2ccc(Br)cc2CN1CC(F)(F)F. The Hall–Kier alpha value is -1.04. The summed E-state index contributed by atoms with van der Waals surface area (Å²) in [4.78, 5) is 12.4. The molecule has 0 aliphatic carbocycles. The Balaban J connectivity index is 2.24. The van der Waals surface area contributed by atoms with E-state index in [2.05, 4.69) is 15.9 Å². The zero-order chi connectivity index (χ0) is 11.9. The summed E-state index contributed by atoms with van der Waals surface area (Å²) in [5.41, 5.74) is 0.982. The van der Waals surface area contributed by atoms with Crippen molar-refractivity contribution in [3.05, 3.63) is 33.8 Å². The maximum atomic E-state index is 12.2. The number of nitrogens with zero attached hydrogens (tertiary/aromatic N) is 1. The van der Waals surface area contributed by atoms with E-state index < -0.39 is 18.6 Å². The molecule has 1 aliphatic rings. The highest BCUT2D eigenvalue weighted by molar-refractivity contribution is 9.10. The molecule has 0 N–H and O–H groups in total. The van der Waals surface area contributed by atoms with Crippen LogP contribution >= 0.6 is 15.9 Å². The van der Waals surface area contributed by atoms with Crippen molar-refractivity contribution in [3.8, 4) is 0 Å². The Morgan fingerprint density at radius 2 is 2.06 bits per heavy atom. The van der Waals surface area contributed by atoms with Gasteiger partial charge in [0.2, 0.25) is 0 Å². The molecule has 16 heavy (non-hydrogen) atoms. The second-order valence-corrected chi connectivity index (χ2v) is 4.49. The minimum atomic E-state index is -4.35. The first-order chi connectivity index (χ1) is 7.37. The molecule has 0 radical (unpaired) electrons. The van der Waals surface area contributed by atoms with Gasteiger partial charge in [-0.15, -0.1) is 0 Å². The van der Waals surface area contributed by atoms with Crippen LogP contribution in [0, 0.1) is 0 Å². The number of rotatable bonds is 1. The van der Waals surface area contributed by atoms with Gasteiger partial charge < -0.3 is 4.90 Å². The number of halogens is 4. The molecule has 0 saturated heterocycles. The van der Waals surface area contributed by atoms with Gasteiger partial charge in [-0.3, -0.25) is 4.79 Å². The van der Waals surface area contributed by atoms with Crippen LogP contribution in [0.15, 0.2) is 22.7 Å². The van der Waals surface area contributed by atoms with E-state index in [1.165, 1.54) is 6.07 Å². The van der Waals surface area contributed by atoms with Crippen LogP contribution in [0.5, 0.6) is 0 Å². The molecule has 1 aromatic carbocycles.